The molecule has 2 aliphatic rings. The molecule has 2 atom stereocenters. The molecule has 2 aliphatic heterocycles. The van der Waals surface area contributed by atoms with Crippen LogP contribution in [-0.2, 0) is 24.0 Å². The highest BCUT2D eigenvalue weighted by atomic mass is 16.7. The van der Waals surface area contributed by atoms with E-state index in [-0.39, 0.29) is 5.71 Å². The van der Waals surface area contributed by atoms with Gasteiger partial charge in [-0.3, -0.25) is 9.59 Å². The number of oxime groups is 1. The van der Waals surface area contributed by atoms with E-state index in [1.54, 1.807) is 30.3 Å². The van der Waals surface area contributed by atoms with Crippen molar-refractivity contribution < 1.29 is 24.0 Å². The third-order valence-electron chi connectivity index (χ3n) is 3.22. The molecule has 7 nitrogen and oxygen atoms in total. The maximum absolute atomic E-state index is 12.4. The van der Waals surface area contributed by atoms with Crippen LogP contribution in [-0.4, -0.2) is 36.7 Å². The molecule has 0 N–H and O–H groups in total. The zero-order valence-corrected chi connectivity index (χ0v) is 10.5. The van der Waals surface area contributed by atoms with Crippen LogP contribution >= 0.6 is 0 Å². The quantitative estimate of drug-likeness (QED) is 0.564. The molecule has 1 aromatic carbocycles. The Morgan fingerprint density at radius 1 is 1.25 bits per heavy atom. The molecule has 1 aromatic rings. The van der Waals surface area contributed by atoms with Crippen molar-refractivity contribution >= 4 is 29.2 Å². The predicted octanol–water partition coefficient (Wildman–Crippen LogP) is 0.104. The summed E-state index contributed by atoms with van der Waals surface area (Å²) < 4.78 is 4.54. The standard InChI is InChI=1S/C13H10N2O5/c1-19-13(18)9-8-10(20-14-9)12(17)15(11(8)16)7-5-3-2-4-6-7/h2-6,8,10H,1H3/t8-,10-/m0/s1. The summed E-state index contributed by atoms with van der Waals surface area (Å²) in [5.41, 5.74) is 0.263. The molecule has 0 bridgehead atoms. The second-order valence-electron chi connectivity index (χ2n) is 4.32. The summed E-state index contributed by atoms with van der Waals surface area (Å²) in [7, 11) is 1.17. The highest BCUT2D eigenvalue weighted by Crippen LogP contribution is 2.33. The number of nitrogens with zero attached hydrogens (tertiary/aromatic N) is 2. The Balaban J connectivity index is 1.97. The molecular weight excluding hydrogens is 264 g/mol. The van der Waals surface area contributed by atoms with Crippen LogP contribution < -0.4 is 4.90 Å². The molecule has 7 heteroatoms. The number of hydrogen-bond donors (Lipinski definition) is 0. The molecule has 102 valence electrons. The van der Waals surface area contributed by atoms with Gasteiger partial charge < -0.3 is 9.57 Å². The number of amides is 2. The van der Waals surface area contributed by atoms with Crippen LogP contribution in [0, 0.1) is 5.92 Å². The lowest BCUT2D eigenvalue weighted by Gasteiger charge is -2.14. The van der Waals surface area contributed by atoms with Gasteiger partial charge in [0.15, 0.2) is 5.71 Å². The van der Waals surface area contributed by atoms with E-state index in [2.05, 4.69) is 9.89 Å². The van der Waals surface area contributed by atoms with E-state index < -0.39 is 29.8 Å². The van der Waals surface area contributed by atoms with Crippen molar-refractivity contribution in [3.8, 4) is 0 Å². The van der Waals surface area contributed by atoms with Gasteiger partial charge in [-0.25, -0.2) is 9.69 Å². The number of para-hydroxylation sites is 1. The number of rotatable bonds is 2. The number of benzene rings is 1. The minimum atomic E-state index is -1.09. The van der Waals surface area contributed by atoms with Crippen molar-refractivity contribution in [2.45, 2.75) is 6.10 Å². The lowest BCUT2D eigenvalue weighted by Crippen LogP contribution is -2.34. The maximum atomic E-state index is 12.4. The van der Waals surface area contributed by atoms with Gasteiger partial charge in [0, 0.05) is 0 Å². The Hall–Kier alpha value is -2.70. The van der Waals surface area contributed by atoms with Crippen molar-refractivity contribution in [1.29, 1.82) is 0 Å². The van der Waals surface area contributed by atoms with Crippen LogP contribution in [0.5, 0.6) is 0 Å². The fourth-order valence-corrected chi connectivity index (χ4v) is 2.28. The highest BCUT2D eigenvalue weighted by Gasteiger charge is 2.57. The number of carbonyl (C=O) groups excluding carboxylic acids is 3. The third-order valence-corrected chi connectivity index (χ3v) is 3.22. The average Bonchev–Trinajstić information content (AvgIpc) is 3.01. The van der Waals surface area contributed by atoms with E-state index >= 15 is 0 Å². The van der Waals surface area contributed by atoms with Crippen molar-refractivity contribution in [1.82, 2.24) is 0 Å². The molecule has 1 fully saturated rings. The largest absolute Gasteiger partial charge is 0.464 e. The normalized spacial score (nSPS) is 24.2. The Morgan fingerprint density at radius 3 is 2.60 bits per heavy atom. The Kier molecular flexibility index (Phi) is 2.74. The summed E-state index contributed by atoms with van der Waals surface area (Å²) in [6, 6.07) is 8.45. The number of anilines is 1. The molecule has 0 spiro atoms. The topological polar surface area (TPSA) is 85.3 Å². The van der Waals surface area contributed by atoms with Gasteiger partial charge in [-0.15, -0.1) is 0 Å². The van der Waals surface area contributed by atoms with Crippen molar-refractivity contribution in [3.63, 3.8) is 0 Å². The lowest BCUT2D eigenvalue weighted by atomic mass is 10.00. The molecule has 3 rings (SSSR count). The second kappa shape index (κ2) is 4.44. The molecule has 0 aliphatic carbocycles. The van der Waals surface area contributed by atoms with Gasteiger partial charge >= 0.3 is 5.97 Å². The molecule has 0 radical (unpaired) electrons. The van der Waals surface area contributed by atoms with E-state index in [9.17, 15) is 14.4 Å². The smallest absolute Gasteiger partial charge is 0.356 e. The summed E-state index contributed by atoms with van der Waals surface area (Å²) in [6.45, 7) is 0. The van der Waals surface area contributed by atoms with Crippen LogP contribution in [0.4, 0.5) is 5.69 Å². The van der Waals surface area contributed by atoms with Gasteiger partial charge in [-0.1, -0.05) is 23.4 Å². The van der Waals surface area contributed by atoms with Crippen molar-refractivity contribution in [2.24, 2.45) is 11.1 Å². The highest BCUT2D eigenvalue weighted by molar-refractivity contribution is 6.46. The number of hydrogen-bond acceptors (Lipinski definition) is 6. The van der Waals surface area contributed by atoms with Crippen LogP contribution in [0.3, 0.4) is 0 Å². The number of methoxy groups -OCH3 is 1. The summed E-state index contributed by atoms with van der Waals surface area (Å²) in [5, 5.41) is 3.49. The van der Waals surface area contributed by atoms with Crippen LogP contribution in [0.2, 0.25) is 0 Å². The first-order chi connectivity index (χ1) is 9.65. The van der Waals surface area contributed by atoms with E-state index in [1.807, 2.05) is 0 Å². The molecule has 20 heavy (non-hydrogen) atoms. The first-order valence-corrected chi connectivity index (χ1v) is 5.90. The zero-order valence-electron chi connectivity index (χ0n) is 10.5. The fraction of sp³-hybridized carbons (Fsp3) is 0.231. The Morgan fingerprint density at radius 2 is 1.95 bits per heavy atom. The van der Waals surface area contributed by atoms with Crippen LogP contribution in [0.1, 0.15) is 0 Å². The molecule has 1 saturated heterocycles. The summed E-state index contributed by atoms with van der Waals surface area (Å²) in [5.74, 6) is -2.87. The maximum Gasteiger partial charge on any atom is 0.356 e. The number of esters is 1. The number of carbonyl (C=O) groups is 3. The first-order valence-electron chi connectivity index (χ1n) is 5.90. The van der Waals surface area contributed by atoms with Crippen molar-refractivity contribution in [2.75, 3.05) is 12.0 Å². The first kappa shape index (κ1) is 12.3. The van der Waals surface area contributed by atoms with Crippen LogP contribution in [0.15, 0.2) is 35.5 Å². The summed E-state index contributed by atoms with van der Waals surface area (Å²) in [4.78, 5) is 42.0. The monoisotopic (exact) mass is 274 g/mol. The van der Waals surface area contributed by atoms with Gasteiger partial charge in [0.1, 0.15) is 5.92 Å². The predicted molar refractivity (Wildman–Crippen MR) is 66.7 cm³/mol. The fourth-order valence-electron chi connectivity index (χ4n) is 2.28. The van der Waals surface area contributed by atoms with E-state index in [1.165, 1.54) is 7.11 Å². The van der Waals surface area contributed by atoms with Gasteiger partial charge in [0.25, 0.3) is 5.91 Å². The molecule has 0 aromatic heterocycles. The molecule has 0 saturated carbocycles. The van der Waals surface area contributed by atoms with Gasteiger partial charge in [0.2, 0.25) is 12.0 Å². The number of ether oxygens (including phenoxy) is 1. The number of fused-ring (bicyclic) bond motifs is 1. The average molecular weight is 274 g/mol. The summed E-state index contributed by atoms with van der Waals surface area (Å²) >= 11 is 0. The minimum absolute atomic E-state index is 0.172. The molecule has 0 unspecified atom stereocenters. The van der Waals surface area contributed by atoms with E-state index in [4.69, 9.17) is 4.84 Å². The third kappa shape index (κ3) is 1.59. The van der Waals surface area contributed by atoms with Gasteiger partial charge in [-0.05, 0) is 12.1 Å². The van der Waals surface area contributed by atoms with Crippen molar-refractivity contribution in [3.05, 3.63) is 30.3 Å². The Labute approximate surface area is 113 Å². The van der Waals surface area contributed by atoms with E-state index in [0.29, 0.717) is 5.69 Å². The lowest BCUT2D eigenvalue weighted by molar-refractivity contribution is -0.133. The minimum Gasteiger partial charge on any atom is -0.464 e. The van der Waals surface area contributed by atoms with Crippen LogP contribution in [0.25, 0.3) is 0 Å². The summed E-state index contributed by atoms with van der Waals surface area (Å²) in [6.07, 6.45) is -1.09. The Bertz CT molecular complexity index is 625. The zero-order chi connectivity index (χ0) is 14.3. The SMILES string of the molecule is COC(=O)C1=NO[C@@H]2C(=O)N(c3ccccc3)C(=O)[C@@H]12. The van der Waals surface area contributed by atoms with Gasteiger partial charge in [-0.2, -0.15) is 0 Å². The molecule has 2 amide bonds. The molecule has 2 heterocycles. The van der Waals surface area contributed by atoms with Gasteiger partial charge in [0.05, 0.1) is 12.8 Å². The second-order valence-corrected chi connectivity index (χ2v) is 4.32. The number of imide groups is 1. The van der Waals surface area contributed by atoms with E-state index in [0.717, 1.165) is 4.90 Å². The molecular formula is C13H10N2O5.